The molecule has 0 aliphatic carbocycles. The van der Waals surface area contributed by atoms with Gasteiger partial charge in [0.05, 0.1) is 18.7 Å². The van der Waals surface area contributed by atoms with Crippen LogP contribution in [0.3, 0.4) is 0 Å². The molecular formula is C29H36N2O4S. The third kappa shape index (κ3) is 7.21. The Labute approximate surface area is 217 Å². The van der Waals surface area contributed by atoms with Crippen LogP contribution in [-0.4, -0.2) is 58.6 Å². The number of thioether (sulfide) groups is 1. The van der Waals surface area contributed by atoms with Gasteiger partial charge in [0.15, 0.2) is 0 Å². The standard InChI is InChI=1S/C29H36N2O4S/c1-35-23-9-10-27-26(19-23)25(12-14-30-27)28(32)11-8-21-13-16-31(20-22(21)18-29(33)34)15-5-17-36-24-6-3-2-4-7-24/h2-4,6-7,9-10,12,14,19,21-22,28,32H,5,8,11,13,15-18,20H2,1H3,(H,33,34)/t21-,22+,28-/m1/s1. The van der Waals surface area contributed by atoms with Crippen molar-refractivity contribution in [3.05, 3.63) is 66.4 Å². The van der Waals surface area contributed by atoms with Crippen LogP contribution in [-0.2, 0) is 4.79 Å². The van der Waals surface area contributed by atoms with Crippen molar-refractivity contribution in [1.29, 1.82) is 0 Å². The fraction of sp³-hybridized carbons (Fsp3) is 0.448. The Balaban J connectivity index is 1.31. The lowest BCUT2D eigenvalue weighted by atomic mass is 9.79. The number of hydrogen-bond acceptors (Lipinski definition) is 6. The van der Waals surface area contributed by atoms with Crippen molar-refractivity contribution in [1.82, 2.24) is 9.88 Å². The van der Waals surface area contributed by atoms with Gasteiger partial charge in [-0.15, -0.1) is 11.8 Å². The van der Waals surface area contributed by atoms with E-state index in [2.05, 4.69) is 34.1 Å². The number of fused-ring (bicyclic) bond motifs is 1. The predicted molar refractivity (Wildman–Crippen MR) is 145 cm³/mol. The molecule has 192 valence electrons. The van der Waals surface area contributed by atoms with E-state index in [9.17, 15) is 15.0 Å². The Kier molecular flexibility index (Phi) is 9.61. The van der Waals surface area contributed by atoms with Gasteiger partial charge in [-0.25, -0.2) is 0 Å². The van der Waals surface area contributed by atoms with Gasteiger partial charge in [0.1, 0.15) is 5.75 Å². The molecule has 3 atom stereocenters. The fourth-order valence-electron chi connectivity index (χ4n) is 5.28. The number of aromatic nitrogens is 1. The molecule has 0 radical (unpaired) electrons. The lowest BCUT2D eigenvalue weighted by Gasteiger charge is -2.38. The summed E-state index contributed by atoms with van der Waals surface area (Å²) in [6, 6.07) is 18.0. The van der Waals surface area contributed by atoms with Crippen molar-refractivity contribution < 1.29 is 19.7 Å². The average molecular weight is 509 g/mol. The molecule has 1 aliphatic rings. The Bertz CT molecular complexity index is 1130. The number of nitrogens with zero attached hydrogens (tertiary/aromatic N) is 2. The van der Waals surface area contributed by atoms with Crippen molar-refractivity contribution in [2.75, 3.05) is 32.5 Å². The summed E-state index contributed by atoms with van der Waals surface area (Å²) < 4.78 is 5.36. The van der Waals surface area contributed by atoms with Crippen molar-refractivity contribution in [2.24, 2.45) is 11.8 Å². The number of methoxy groups -OCH3 is 1. The van der Waals surface area contributed by atoms with Crippen LogP contribution in [0.5, 0.6) is 5.75 Å². The van der Waals surface area contributed by atoms with Crippen molar-refractivity contribution in [2.45, 2.75) is 43.1 Å². The lowest BCUT2D eigenvalue weighted by molar-refractivity contribution is -0.139. The number of benzene rings is 2. The van der Waals surface area contributed by atoms with Crippen LogP contribution < -0.4 is 4.74 Å². The number of aliphatic hydroxyl groups is 1. The number of aliphatic hydroxyl groups excluding tert-OH is 1. The van der Waals surface area contributed by atoms with Crippen molar-refractivity contribution in [3.8, 4) is 5.75 Å². The molecular weight excluding hydrogens is 472 g/mol. The van der Waals surface area contributed by atoms with E-state index >= 15 is 0 Å². The SMILES string of the molecule is COc1ccc2nccc([C@H](O)CC[C@@H]3CCN(CCCSc4ccccc4)C[C@@H]3CC(=O)O)c2c1. The summed E-state index contributed by atoms with van der Waals surface area (Å²) in [4.78, 5) is 19.7. The van der Waals surface area contributed by atoms with Gasteiger partial charge in [0, 0.05) is 29.4 Å². The highest BCUT2D eigenvalue weighted by Gasteiger charge is 2.31. The first-order valence-electron chi connectivity index (χ1n) is 12.8. The minimum atomic E-state index is -0.737. The number of ether oxygens (including phenoxy) is 1. The highest BCUT2D eigenvalue weighted by atomic mass is 32.2. The van der Waals surface area contributed by atoms with Crippen LogP contribution in [0.15, 0.2) is 65.7 Å². The summed E-state index contributed by atoms with van der Waals surface area (Å²) in [6.45, 7) is 2.80. The van der Waals surface area contributed by atoms with E-state index in [-0.39, 0.29) is 12.3 Å². The quantitative estimate of drug-likeness (QED) is 0.242. The number of rotatable bonds is 12. The van der Waals surface area contributed by atoms with E-state index in [1.165, 1.54) is 4.90 Å². The maximum absolute atomic E-state index is 11.6. The molecule has 0 saturated carbocycles. The minimum Gasteiger partial charge on any atom is -0.497 e. The van der Waals surface area contributed by atoms with Gasteiger partial charge in [-0.2, -0.15) is 0 Å². The molecule has 1 saturated heterocycles. The molecule has 2 aromatic carbocycles. The number of aliphatic carboxylic acids is 1. The van der Waals surface area contributed by atoms with Crippen LogP contribution in [0.25, 0.3) is 10.9 Å². The lowest BCUT2D eigenvalue weighted by Crippen LogP contribution is -2.42. The Morgan fingerprint density at radius 2 is 2.03 bits per heavy atom. The predicted octanol–water partition coefficient (Wildman–Crippen LogP) is 5.65. The number of carboxylic acids is 1. The van der Waals surface area contributed by atoms with E-state index in [4.69, 9.17) is 4.74 Å². The highest BCUT2D eigenvalue weighted by molar-refractivity contribution is 7.99. The van der Waals surface area contributed by atoms with E-state index in [1.54, 1.807) is 13.3 Å². The summed E-state index contributed by atoms with van der Waals surface area (Å²) >= 11 is 1.87. The first-order chi connectivity index (χ1) is 17.5. The monoisotopic (exact) mass is 508 g/mol. The average Bonchev–Trinajstić information content (AvgIpc) is 2.90. The number of pyridine rings is 1. The maximum Gasteiger partial charge on any atom is 0.303 e. The second-order valence-corrected chi connectivity index (χ2v) is 10.8. The van der Waals surface area contributed by atoms with E-state index in [1.807, 2.05) is 42.1 Å². The van der Waals surface area contributed by atoms with Gasteiger partial charge in [-0.3, -0.25) is 9.78 Å². The van der Waals surface area contributed by atoms with Gasteiger partial charge >= 0.3 is 5.97 Å². The van der Waals surface area contributed by atoms with Crippen molar-refractivity contribution >= 4 is 28.6 Å². The summed E-state index contributed by atoms with van der Waals surface area (Å²) in [6.07, 6.45) is 4.76. The van der Waals surface area contributed by atoms with Crippen LogP contribution in [0.1, 0.15) is 43.8 Å². The van der Waals surface area contributed by atoms with Gasteiger partial charge in [-0.1, -0.05) is 18.2 Å². The molecule has 4 rings (SSSR count). The topological polar surface area (TPSA) is 82.9 Å². The highest BCUT2D eigenvalue weighted by Crippen LogP contribution is 2.35. The van der Waals surface area contributed by atoms with Crippen LogP contribution in [0, 0.1) is 11.8 Å². The number of hydrogen-bond donors (Lipinski definition) is 2. The Morgan fingerprint density at radius 1 is 1.19 bits per heavy atom. The molecule has 1 fully saturated rings. The molecule has 0 amide bonds. The van der Waals surface area contributed by atoms with Gasteiger partial charge in [-0.05, 0) is 98.3 Å². The smallest absolute Gasteiger partial charge is 0.303 e. The second kappa shape index (κ2) is 13.1. The molecule has 0 unspecified atom stereocenters. The van der Waals surface area contributed by atoms with Crippen LogP contribution in [0.2, 0.25) is 0 Å². The zero-order chi connectivity index (χ0) is 25.3. The Hall–Kier alpha value is -2.61. The molecule has 3 aromatic rings. The zero-order valence-corrected chi connectivity index (χ0v) is 21.7. The Morgan fingerprint density at radius 3 is 2.81 bits per heavy atom. The second-order valence-electron chi connectivity index (χ2n) is 9.60. The van der Waals surface area contributed by atoms with Gasteiger partial charge in [0.25, 0.3) is 0 Å². The third-order valence-electron chi connectivity index (χ3n) is 7.20. The number of likely N-dealkylation sites (tertiary alicyclic amines) is 1. The third-order valence-corrected chi connectivity index (χ3v) is 8.29. The van der Waals surface area contributed by atoms with E-state index in [0.29, 0.717) is 12.3 Å². The zero-order valence-electron chi connectivity index (χ0n) is 20.9. The summed E-state index contributed by atoms with van der Waals surface area (Å²) in [5.41, 5.74) is 1.68. The number of piperidine rings is 1. The number of carbonyl (C=O) groups is 1. The van der Waals surface area contributed by atoms with Crippen LogP contribution >= 0.6 is 11.8 Å². The molecule has 7 heteroatoms. The normalized spacial score (nSPS) is 19.3. The largest absolute Gasteiger partial charge is 0.497 e. The molecule has 0 bridgehead atoms. The van der Waals surface area contributed by atoms with E-state index < -0.39 is 12.1 Å². The van der Waals surface area contributed by atoms with Crippen LogP contribution in [0.4, 0.5) is 0 Å². The molecule has 0 spiro atoms. The first-order valence-corrected chi connectivity index (χ1v) is 13.7. The molecule has 2 N–H and O–H groups in total. The summed E-state index contributed by atoms with van der Waals surface area (Å²) in [5.74, 6) is 1.47. The van der Waals surface area contributed by atoms with E-state index in [0.717, 1.165) is 66.9 Å². The fourth-order valence-corrected chi connectivity index (χ4v) is 6.14. The molecule has 6 nitrogen and oxygen atoms in total. The molecule has 1 aliphatic heterocycles. The summed E-state index contributed by atoms with van der Waals surface area (Å²) in [7, 11) is 1.63. The molecule has 1 aromatic heterocycles. The maximum atomic E-state index is 11.6. The van der Waals surface area contributed by atoms with Gasteiger partial charge in [0.2, 0.25) is 0 Å². The van der Waals surface area contributed by atoms with Crippen molar-refractivity contribution in [3.63, 3.8) is 0 Å². The summed E-state index contributed by atoms with van der Waals surface area (Å²) in [5, 5.41) is 21.5. The first kappa shape index (κ1) is 26.5. The van der Waals surface area contributed by atoms with Gasteiger partial charge < -0.3 is 19.8 Å². The minimum absolute atomic E-state index is 0.111. The molecule has 36 heavy (non-hydrogen) atoms. The molecule has 2 heterocycles. The number of carboxylic acid groups (broad SMARTS) is 1.